The van der Waals surface area contributed by atoms with Crippen LogP contribution in [0.3, 0.4) is 0 Å². The fraction of sp³-hybridized carbons (Fsp3) is 0.579. The van der Waals surface area contributed by atoms with Crippen LogP contribution in [-0.4, -0.2) is 42.1 Å². The molecule has 5 nitrogen and oxygen atoms in total. The Morgan fingerprint density at radius 2 is 1.88 bits per heavy atom. The summed E-state index contributed by atoms with van der Waals surface area (Å²) in [5.74, 6) is 0.937. The molecule has 0 radical (unpaired) electrons. The first-order valence-corrected chi connectivity index (χ1v) is 8.95. The lowest BCUT2D eigenvalue weighted by atomic mass is 9.78. The Morgan fingerprint density at radius 3 is 2.54 bits per heavy atom. The molecule has 0 aromatic heterocycles. The maximum Gasteiger partial charge on any atom is 0.325 e. The lowest BCUT2D eigenvalue weighted by Crippen LogP contribution is -2.47. The van der Waals surface area contributed by atoms with E-state index >= 15 is 0 Å². The third-order valence-corrected chi connectivity index (χ3v) is 5.83. The van der Waals surface area contributed by atoms with Gasteiger partial charge < -0.3 is 10.1 Å². The zero-order chi connectivity index (χ0) is 16.6. The SMILES string of the molecule is O=C1N[C@@]2(CCOC2)C(=O)N1CC1CCC(c2ccccc2)CC1. The Bertz CT molecular complexity index is 617. The number of urea groups is 1. The topological polar surface area (TPSA) is 58.6 Å². The number of nitrogens with zero attached hydrogens (tertiary/aromatic N) is 1. The van der Waals surface area contributed by atoms with Crippen molar-refractivity contribution < 1.29 is 14.3 Å². The van der Waals surface area contributed by atoms with Crippen molar-refractivity contribution in [3.8, 4) is 0 Å². The number of hydrogen-bond acceptors (Lipinski definition) is 3. The molecule has 3 amide bonds. The van der Waals surface area contributed by atoms with Gasteiger partial charge >= 0.3 is 6.03 Å². The van der Waals surface area contributed by atoms with E-state index in [0.717, 1.165) is 25.7 Å². The summed E-state index contributed by atoms with van der Waals surface area (Å²) in [6.07, 6.45) is 4.99. The van der Waals surface area contributed by atoms with Crippen molar-refractivity contribution in [2.45, 2.75) is 43.6 Å². The van der Waals surface area contributed by atoms with E-state index in [1.165, 1.54) is 10.5 Å². The highest BCUT2D eigenvalue weighted by molar-refractivity contribution is 6.07. The fourth-order valence-corrected chi connectivity index (χ4v) is 4.34. The number of nitrogens with one attached hydrogen (secondary N) is 1. The third kappa shape index (κ3) is 2.71. The summed E-state index contributed by atoms with van der Waals surface area (Å²) in [6.45, 7) is 1.41. The molecule has 1 N–H and O–H groups in total. The number of rotatable bonds is 3. The summed E-state index contributed by atoms with van der Waals surface area (Å²) >= 11 is 0. The molecule has 4 rings (SSSR count). The highest BCUT2D eigenvalue weighted by atomic mass is 16.5. The minimum atomic E-state index is -0.779. The number of hydrogen-bond donors (Lipinski definition) is 1. The summed E-state index contributed by atoms with van der Waals surface area (Å²) in [6, 6.07) is 10.4. The van der Waals surface area contributed by atoms with Crippen molar-refractivity contribution >= 4 is 11.9 Å². The molecule has 2 aliphatic heterocycles. The predicted molar refractivity (Wildman–Crippen MR) is 89.6 cm³/mol. The lowest BCUT2D eigenvalue weighted by molar-refractivity contribution is -0.131. The molecule has 1 aromatic rings. The molecule has 2 heterocycles. The smallest absolute Gasteiger partial charge is 0.325 e. The van der Waals surface area contributed by atoms with Gasteiger partial charge in [-0.2, -0.15) is 0 Å². The third-order valence-electron chi connectivity index (χ3n) is 5.83. The molecule has 1 aliphatic carbocycles. The minimum absolute atomic E-state index is 0.0878. The van der Waals surface area contributed by atoms with Crippen molar-refractivity contribution in [1.82, 2.24) is 10.2 Å². The molecule has 1 spiro atoms. The number of ether oxygens (including phenoxy) is 1. The Morgan fingerprint density at radius 1 is 1.12 bits per heavy atom. The Hall–Kier alpha value is -1.88. The van der Waals surface area contributed by atoms with Crippen LogP contribution in [-0.2, 0) is 9.53 Å². The second-order valence-corrected chi connectivity index (χ2v) is 7.36. The number of benzene rings is 1. The Balaban J connectivity index is 1.36. The number of carbonyl (C=O) groups is 2. The standard InChI is InChI=1S/C19H24N2O3/c22-17-19(10-11-24-13-19)20-18(23)21(17)12-14-6-8-16(9-7-14)15-4-2-1-3-5-15/h1-5,14,16H,6-13H2,(H,20,23)/t14?,16?,19-/m1/s1. The van der Waals surface area contributed by atoms with Crippen LogP contribution < -0.4 is 5.32 Å². The van der Waals surface area contributed by atoms with Crippen LogP contribution in [0.1, 0.15) is 43.6 Å². The first-order chi connectivity index (χ1) is 11.7. The molecule has 2 saturated heterocycles. The summed E-state index contributed by atoms with van der Waals surface area (Å²) < 4.78 is 5.34. The summed E-state index contributed by atoms with van der Waals surface area (Å²) in [5.41, 5.74) is 0.631. The van der Waals surface area contributed by atoms with Crippen LogP contribution in [0.25, 0.3) is 0 Å². The van der Waals surface area contributed by atoms with Gasteiger partial charge in [-0.3, -0.25) is 9.69 Å². The van der Waals surface area contributed by atoms with Crippen molar-refractivity contribution in [3.05, 3.63) is 35.9 Å². The van der Waals surface area contributed by atoms with Crippen molar-refractivity contribution in [3.63, 3.8) is 0 Å². The second kappa shape index (κ2) is 6.20. The van der Waals surface area contributed by atoms with Gasteiger partial charge in [0, 0.05) is 19.6 Å². The second-order valence-electron chi connectivity index (χ2n) is 7.36. The fourth-order valence-electron chi connectivity index (χ4n) is 4.34. The minimum Gasteiger partial charge on any atom is -0.378 e. The molecular weight excluding hydrogens is 304 g/mol. The Labute approximate surface area is 142 Å². The predicted octanol–water partition coefficient (Wildman–Crippen LogP) is 2.67. The normalized spacial score (nSPS) is 33.2. The molecule has 24 heavy (non-hydrogen) atoms. The van der Waals surface area contributed by atoms with Gasteiger partial charge in [0.15, 0.2) is 0 Å². The van der Waals surface area contributed by atoms with Crippen LogP contribution in [0.4, 0.5) is 4.79 Å². The van der Waals surface area contributed by atoms with E-state index in [-0.39, 0.29) is 11.9 Å². The van der Waals surface area contributed by atoms with E-state index in [1.807, 2.05) is 0 Å². The van der Waals surface area contributed by atoms with Crippen molar-refractivity contribution in [2.24, 2.45) is 5.92 Å². The van der Waals surface area contributed by atoms with Gasteiger partial charge in [0.1, 0.15) is 5.54 Å². The molecule has 1 saturated carbocycles. The maximum absolute atomic E-state index is 12.7. The highest BCUT2D eigenvalue weighted by Crippen LogP contribution is 2.37. The average molecular weight is 328 g/mol. The molecule has 3 fully saturated rings. The number of carbonyl (C=O) groups excluding carboxylic acids is 2. The van der Waals surface area contributed by atoms with E-state index in [0.29, 0.717) is 38.0 Å². The highest BCUT2D eigenvalue weighted by Gasteiger charge is 2.53. The molecule has 128 valence electrons. The largest absolute Gasteiger partial charge is 0.378 e. The molecule has 0 bridgehead atoms. The first-order valence-electron chi connectivity index (χ1n) is 8.95. The van der Waals surface area contributed by atoms with Crippen LogP contribution in [0.5, 0.6) is 0 Å². The summed E-state index contributed by atoms with van der Waals surface area (Å²) in [4.78, 5) is 26.3. The molecule has 0 unspecified atom stereocenters. The van der Waals surface area contributed by atoms with Gasteiger partial charge in [0.25, 0.3) is 5.91 Å². The van der Waals surface area contributed by atoms with E-state index in [4.69, 9.17) is 4.74 Å². The molecule has 3 aliphatic rings. The van der Waals surface area contributed by atoms with Gasteiger partial charge in [-0.15, -0.1) is 0 Å². The monoisotopic (exact) mass is 328 g/mol. The van der Waals surface area contributed by atoms with E-state index in [1.54, 1.807) is 0 Å². The summed E-state index contributed by atoms with van der Waals surface area (Å²) in [7, 11) is 0. The van der Waals surface area contributed by atoms with Gasteiger partial charge in [-0.05, 0) is 43.1 Å². The van der Waals surface area contributed by atoms with E-state index < -0.39 is 5.54 Å². The Kier molecular flexibility index (Phi) is 4.04. The zero-order valence-corrected chi connectivity index (χ0v) is 13.9. The van der Waals surface area contributed by atoms with Gasteiger partial charge in [0.2, 0.25) is 0 Å². The zero-order valence-electron chi connectivity index (χ0n) is 13.9. The number of amides is 3. The van der Waals surface area contributed by atoms with Crippen LogP contribution >= 0.6 is 0 Å². The average Bonchev–Trinajstić information content (AvgIpc) is 3.17. The van der Waals surface area contributed by atoms with Gasteiger partial charge in [-0.25, -0.2) is 4.79 Å². The van der Waals surface area contributed by atoms with Crippen LogP contribution in [0.15, 0.2) is 30.3 Å². The van der Waals surface area contributed by atoms with E-state index in [2.05, 4.69) is 35.6 Å². The first kappa shape index (κ1) is 15.6. The molecule has 5 heteroatoms. The lowest BCUT2D eigenvalue weighted by Gasteiger charge is -2.30. The quantitative estimate of drug-likeness (QED) is 0.868. The van der Waals surface area contributed by atoms with Crippen molar-refractivity contribution in [1.29, 1.82) is 0 Å². The van der Waals surface area contributed by atoms with Crippen LogP contribution in [0.2, 0.25) is 0 Å². The van der Waals surface area contributed by atoms with Gasteiger partial charge in [0.05, 0.1) is 6.61 Å². The van der Waals surface area contributed by atoms with Crippen molar-refractivity contribution in [2.75, 3.05) is 19.8 Å². The summed E-state index contributed by atoms with van der Waals surface area (Å²) in [5, 5.41) is 2.87. The maximum atomic E-state index is 12.7. The molecule has 1 aromatic carbocycles. The van der Waals surface area contributed by atoms with E-state index in [9.17, 15) is 9.59 Å². The van der Waals surface area contributed by atoms with Gasteiger partial charge in [-0.1, -0.05) is 30.3 Å². The molecular formula is C19H24N2O3. The number of imide groups is 1. The molecule has 1 atom stereocenters. The van der Waals surface area contributed by atoms with Crippen LogP contribution in [0, 0.1) is 5.92 Å².